The number of fused-ring (bicyclic) bond motifs is 1. The minimum absolute atomic E-state index is 0.0319. The van der Waals surface area contributed by atoms with Crippen LogP contribution in [-0.4, -0.2) is 28.6 Å². The van der Waals surface area contributed by atoms with Crippen LogP contribution in [0.5, 0.6) is 0 Å². The molecule has 0 aliphatic carbocycles. The first-order valence-electron chi connectivity index (χ1n) is 7.79. The van der Waals surface area contributed by atoms with Crippen LogP contribution in [-0.2, 0) is 15.6 Å². The van der Waals surface area contributed by atoms with Crippen LogP contribution in [0.2, 0.25) is 0 Å². The second kappa shape index (κ2) is 5.86. The second-order valence-corrected chi connectivity index (χ2v) is 7.96. The zero-order valence-corrected chi connectivity index (χ0v) is 14.3. The topological polar surface area (TPSA) is 91.5 Å². The number of aromatic nitrogens is 4. The zero-order valence-electron chi connectivity index (χ0n) is 13.5. The first-order chi connectivity index (χ1) is 12.0. The molecule has 126 valence electrons. The van der Waals surface area contributed by atoms with E-state index in [2.05, 4.69) is 20.2 Å². The van der Waals surface area contributed by atoms with Gasteiger partial charge in [-0.1, -0.05) is 29.8 Å². The lowest BCUT2D eigenvalue weighted by Crippen LogP contribution is -2.03. The molecule has 2 N–H and O–H groups in total. The first kappa shape index (κ1) is 15.6. The number of aryl methyl sites for hydroxylation is 1. The molecule has 0 aliphatic rings. The number of hydrogen-bond acceptors (Lipinski definition) is 4. The molecule has 3 heterocycles. The van der Waals surface area contributed by atoms with Crippen molar-refractivity contribution in [2.45, 2.75) is 17.6 Å². The summed E-state index contributed by atoms with van der Waals surface area (Å²) in [4.78, 5) is 7.45. The summed E-state index contributed by atoms with van der Waals surface area (Å²) >= 11 is 0. The van der Waals surface area contributed by atoms with Gasteiger partial charge in [0, 0.05) is 17.8 Å². The van der Waals surface area contributed by atoms with Gasteiger partial charge in [-0.15, -0.1) is 0 Å². The first-order valence-corrected chi connectivity index (χ1v) is 9.44. The molecule has 0 saturated heterocycles. The number of pyridine rings is 1. The third kappa shape index (κ3) is 2.94. The molecule has 4 rings (SSSR count). The van der Waals surface area contributed by atoms with E-state index in [0.29, 0.717) is 11.3 Å². The monoisotopic (exact) mass is 352 g/mol. The summed E-state index contributed by atoms with van der Waals surface area (Å²) in [5.74, 6) is -0.0319. The third-order valence-corrected chi connectivity index (χ3v) is 5.76. The summed E-state index contributed by atoms with van der Waals surface area (Å²) in [6, 6.07) is 12.8. The van der Waals surface area contributed by atoms with Gasteiger partial charge in [-0.05, 0) is 30.7 Å². The molecular weight excluding hydrogens is 336 g/mol. The number of aromatic amines is 2. The minimum Gasteiger partial charge on any atom is -0.359 e. The summed E-state index contributed by atoms with van der Waals surface area (Å²) in [7, 11) is -3.43. The normalized spacial score (nSPS) is 11.9. The largest absolute Gasteiger partial charge is 0.359 e. The van der Waals surface area contributed by atoms with Gasteiger partial charge in [-0.3, -0.25) is 5.10 Å². The van der Waals surface area contributed by atoms with Crippen molar-refractivity contribution in [3.63, 3.8) is 0 Å². The maximum absolute atomic E-state index is 12.7. The summed E-state index contributed by atoms with van der Waals surface area (Å²) in [6.07, 6.45) is 3.18. The van der Waals surface area contributed by atoms with Gasteiger partial charge in [-0.25, -0.2) is 13.4 Å². The van der Waals surface area contributed by atoms with Crippen LogP contribution in [0.15, 0.2) is 59.8 Å². The highest BCUT2D eigenvalue weighted by molar-refractivity contribution is 7.90. The summed E-state index contributed by atoms with van der Waals surface area (Å²) < 4.78 is 25.3. The van der Waals surface area contributed by atoms with Crippen LogP contribution >= 0.6 is 0 Å². The van der Waals surface area contributed by atoms with E-state index in [9.17, 15) is 8.42 Å². The molecule has 0 saturated carbocycles. The summed E-state index contributed by atoms with van der Waals surface area (Å²) in [6.45, 7) is 1.97. The molecule has 7 heteroatoms. The van der Waals surface area contributed by atoms with Gasteiger partial charge in [0.15, 0.2) is 15.5 Å². The Hall–Kier alpha value is -2.93. The smallest absolute Gasteiger partial charge is 0.184 e. The van der Waals surface area contributed by atoms with Crippen LogP contribution in [0.3, 0.4) is 0 Å². The SMILES string of the molecule is Cc1ccc(CS(=O)(=O)c2c[nH]c(-c3[nH]nc4ncccc34)c2)cc1. The van der Waals surface area contributed by atoms with E-state index in [1.165, 1.54) is 6.20 Å². The van der Waals surface area contributed by atoms with Crippen LogP contribution in [0.1, 0.15) is 11.1 Å². The Bertz CT molecular complexity index is 1140. The molecule has 25 heavy (non-hydrogen) atoms. The predicted octanol–water partition coefficient (Wildman–Crippen LogP) is 3.24. The highest BCUT2D eigenvalue weighted by Crippen LogP contribution is 2.27. The van der Waals surface area contributed by atoms with E-state index in [-0.39, 0.29) is 10.6 Å². The van der Waals surface area contributed by atoms with Gasteiger partial charge in [0.2, 0.25) is 0 Å². The van der Waals surface area contributed by atoms with Crippen molar-refractivity contribution in [2.24, 2.45) is 0 Å². The average Bonchev–Trinajstić information content (AvgIpc) is 3.23. The van der Waals surface area contributed by atoms with Crippen LogP contribution in [0.4, 0.5) is 0 Å². The maximum atomic E-state index is 12.7. The van der Waals surface area contributed by atoms with Gasteiger partial charge in [-0.2, -0.15) is 5.10 Å². The third-order valence-electron chi connectivity index (χ3n) is 4.09. The van der Waals surface area contributed by atoms with E-state index in [1.807, 2.05) is 43.3 Å². The molecule has 1 aromatic carbocycles. The van der Waals surface area contributed by atoms with Crippen molar-refractivity contribution in [2.75, 3.05) is 0 Å². The van der Waals surface area contributed by atoms with Gasteiger partial charge in [0.25, 0.3) is 0 Å². The highest BCUT2D eigenvalue weighted by Gasteiger charge is 2.19. The van der Waals surface area contributed by atoms with Gasteiger partial charge in [0.05, 0.1) is 22.0 Å². The molecule has 0 unspecified atom stereocenters. The molecular formula is C18H16N4O2S. The summed E-state index contributed by atoms with van der Waals surface area (Å²) in [5.41, 5.74) is 3.85. The Balaban J connectivity index is 1.67. The van der Waals surface area contributed by atoms with Crippen molar-refractivity contribution in [1.82, 2.24) is 20.2 Å². The molecule has 0 fully saturated rings. The van der Waals surface area contributed by atoms with Gasteiger partial charge >= 0.3 is 0 Å². The highest BCUT2D eigenvalue weighted by atomic mass is 32.2. The molecule has 0 amide bonds. The Morgan fingerprint density at radius 2 is 1.92 bits per heavy atom. The number of sulfone groups is 1. The lowest BCUT2D eigenvalue weighted by atomic mass is 10.2. The lowest BCUT2D eigenvalue weighted by Gasteiger charge is -2.03. The zero-order chi connectivity index (χ0) is 17.4. The van der Waals surface area contributed by atoms with Crippen molar-refractivity contribution < 1.29 is 8.42 Å². The van der Waals surface area contributed by atoms with Gasteiger partial charge in [0.1, 0.15) is 0 Å². The van der Waals surface area contributed by atoms with Crippen molar-refractivity contribution in [3.05, 3.63) is 66.0 Å². The van der Waals surface area contributed by atoms with Crippen LogP contribution in [0, 0.1) is 6.92 Å². The Kier molecular flexibility index (Phi) is 3.65. The summed E-state index contributed by atoms with van der Waals surface area (Å²) in [5, 5.41) is 7.89. The molecule has 0 bridgehead atoms. The minimum atomic E-state index is -3.43. The fraction of sp³-hybridized carbons (Fsp3) is 0.111. The number of rotatable bonds is 4. The van der Waals surface area contributed by atoms with E-state index in [1.54, 1.807) is 12.3 Å². The maximum Gasteiger partial charge on any atom is 0.184 e. The fourth-order valence-electron chi connectivity index (χ4n) is 2.74. The fourth-order valence-corrected chi connectivity index (χ4v) is 4.07. The van der Waals surface area contributed by atoms with Crippen LogP contribution in [0.25, 0.3) is 22.4 Å². The van der Waals surface area contributed by atoms with E-state index >= 15 is 0 Å². The number of hydrogen-bond donors (Lipinski definition) is 2. The molecule has 4 aromatic rings. The number of benzene rings is 1. The molecule has 6 nitrogen and oxygen atoms in total. The van der Waals surface area contributed by atoms with Crippen LogP contribution < -0.4 is 0 Å². The van der Waals surface area contributed by atoms with Gasteiger partial charge < -0.3 is 4.98 Å². The number of H-pyrrole nitrogens is 2. The van der Waals surface area contributed by atoms with E-state index in [0.717, 1.165) is 22.2 Å². The predicted molar refractivity (Wildman–Crippen MR) is 95.7 cm³/mol. The molecule has 0 spiro atoms. The van der Waals surface area contributed by atoms with Crippen molar-refractivity contribution in [3.8, 4) is 11.4 Å². The van der Waals surface area contributed by atoms with E-state index < -0.39 is 9.84 Å². The Morgan fingerprint density at radius 3 is 2.72 bits per heavy atom. The Morgan fingerprint density at radius 1 is 1.12 bits per heavy atom. The van der Waals surface area contributed by atoms with E-state index in [4.69, 9.17) is 0 Å². The number of nitrogens with zero attached hydrogens (tertiary/aromatic N) is 2. The molecule has 3 aromatic heterocycles. The van der Waals surface area contributed by atoms with Crippen molar-refractivity contribution in [1.29, 1.82) is 0 Å². The second-order valence-electron chi connectivity index (χ2n) is 5.97. The lowest BCUT2D eigenvalue weighted by molar-refractivity contribution is 0.595. The van der Waals surface area contributed by atoms with Crippen molar-refractivity contribution >= 4 is 20.9 Å². The molecule has 0 aliphatic heterocycles. The quantitative estimate of drug-likeness (QED) is 0.590. The Labute approximate surface area is 144 Å². The molecule has 0 atom stereocenters. The number of nitrogens with one attached hydrogen (secondary N) is 2. The average molecular weight is 352 g/mol. The molecule has 0 radical (unpaired) electrons. The standard InChI is InChI=1S/C18H16N4O2S/c1-12-4-6-13(7-5-12)11-25(23,24)14-9-16(20-10-14)17-15-3-2-8-19-18(15)22-21-17/h2-10,20H,11H2,1H3,(H,19,21,22).